The Morgan fingerprint density at radius 3 is 2.61 bits per heavy atom. The maximum absolute atomic E-state index is 11.9. The summed E-state index contributed by atoms with van der Waals surface area (Å²) in [5, 5.41) is 0. The Morgan fingerprint density at radius 2 is 1.87 bits per heavy atom. The van der Waals surface area contributed by atoms with Gasteiger partial charge in [-0.15, -0.1) is 11.3 Å². The van der Waals surface area contributed by atoms with Crippen LogP contribution in [-0.4, -0.2) is 30.0 Å². The lowest BCUT2D eigenvalue weighted by Crippen LogP contribution is -2.08. The van der Waals surface area contributed by atoms with Crippen molar-refractivity contribution < 1.29 is 23.5 Å². The molecule has 1 aliphatic rings. The summed E-state index contributed by atoms with van der Waals surface area (Å²) < 4.78 is 17.1. The van der Waals surface area contributed by atoms with Crippen LogP contribution in [0, 0.1) is 6.92 Å². The number of rotatable bonds is 10. The Labute approximate surface area is 226 Å². The van der Waals surface area contributed by atoms with E-state index in [1.165, 1.54) is 22.5 Å². The van der Waals surface area contributed by atoms with Crippen LogP contribution < -0.4 is 4.74 Å². The summed E-state index contributed by atoms with van der Waals surface area (Å²) in [6.45, 7) is 6.26. The molecule has 0 fully saturated rings. The molecule has 1 aliphatic carbocycles. The standard InChI is InChI=1S/C31H31NO5S/c1-4-35-30(34)18-24-10-9-23-17-25(11-12-26(23)24)36-16-15-27-20(3)37-31(32-27)22-7-5-21(6-8-22)29-14-13-28(38-29)19(2)33/h5-8,11-14,17,24H,4,9-10,15-16,18H2,1-3H3/t24-/m0/s1. The van der Waals surface area contributed by atoms with Gasteiger partial charge in [-0.1, -0.05) is 18.2 Å². The summed E-state index contributed by atoms with van der Waals surface area (Å²) in [5.74, 6) is 2.39. The van der Waals surface area contributed by atoms with Gasteiger partial charge in [-0.2, -0.15) is 0 Å². The summed E-state index contributed by atoms with van der Waals surface area (Å²) in [6, 6.07) is 18.1. The Balaban J connectivity index is 1.18. The van der Waals surface area contributed by atoms with Gasteiger partial charge in [0.15, 0.2) is 5.78 Å². The normalized spacial score (nSPS) is 14.3. The van der Waals surface area contributed by atoms with Crippen molar-refractivity contribution in [2.75, 3.05) is 13.2 Å². The number of hydrogen-bond donors (Lipinski definition) is 0. The SMILES string of the molecule is CCOC(=O)C[C@@H]1CCc2cc(OCCc3nc(-c4ccc(-c5ccc(C(C)=O)s5)cc4)oc3C)ccc21. The number of benzene rings is 2. The highest BCUT2D eigenvalue weighted by Crippen LogP contribution is 2.37. The third kappa shape index (κ3) is 5.73. The Kier molecular flexibility index (Phi) is 7.74. The van der Waals surface area contributed by atoms with Crippen molar-refractivity contribution >= 4 is 23.1 Å². The van der Waals surface area contributed by atoms with Gasteiger partial charge in [0.05, 0.1) is 30.2 Å². The van der Waals surface area contributed by atoms with Crippen LogP contribution in [0.5, 0.6) is 5.75 Å². The van der Waals surface area contributed by atoms with Gasteiger partial charge in [0.1, 0.15) is 11.5 Å². The lowest BCUT2D eigenvalue weighted by atomic mass is 9.98. The van der Waals surface area contributed by atoms with Crippen LogP contribution in [0.4, 0.5) is 0 Å². The molecule has 2 heterocycles. The zero-order valence-corrected chi connectivity index (χ0v) is 22.7. The molecule has 2 aromatic heterocycles. The number of carbonyl (C=O) groups excluding carboxylic acids is 2. The highest BCUT2D eigenvalue weighted by molar-refractivity contribution is 7.17. The van der Waals surface area contributed by atoms with Crippen molar-refractivity contribution in [2.24, 2.45) is 0 Å². The number of carbonyl (C=O) groups is 2. The van der Waals surface area contributed by atoms with Crippen LogP contribution in [-0.2, 0) is 22.4 Å². The second-order valence-corrected chi connectivity index (χ2v) is 10.6. The fourth-order valence-electron chi connectivity index (χ4n) is 4.91. The zero-order chi connectivity index (χ0) is 26.6. The number of hydrogen-bond acceptors (Lipinski definition) is 7. The highest BCUT2D eigenvalue weighted by atomic mass is 32.1. The second-order valence-electron chi connectivity index (χ2n) is 9.52. The molecule has 1 atom stereocenters. The van der Waals surface area contributed by atoms with Crippen molar-refractivity contribution in [3.63, 3.8) is 0 Å². The minimum atomic E-state index is -0.130. The topological polar surface area (TPSA) is 78.6 Å². The number of esters is 1. The third-order valence-corrected chi connectivity index (χ3v) is 8.14. The van der Waals surface area contributed by atoms with Crippen LogP contribution in [0.3, 0.4) is 0 Å². The molecule has 6 nitrogen and oxygen atoms in total. The van der Waals surface area contributed by atoms with Crippen LogP contribution in [0.25, 0.3) is 21.9 Å². The number of aromatic nitrogens is 1. The molecule has 5 rings (SSSR count). The number of thiophene rings is 1. The Morgan fingerprint density at radius 1 is 1.08 bits per heavy atom. The number of ether oxygens (including phenoxy) is 2. The van der Waals surface area contributed by atoms with Crippen LogP contribution in [0.1, 0.15) is 64.9 Å². The van der Waals surface area contributed by atoms with Crippen molar-refractivity contribution in [3.05, 3.63) is 82.1 Å². The quantitative estimate of drug-likeness (QED) is 0.160. The predicted molar refractivity (Wildman–Crippen MR) is 148 cm³/mol. The largest absolute Gasteiger partial charge is 0.493 e. The number of aryl methyl sites for hydroxylation is 2. The first-order chi connectivity index (χ1) is 18.4. The fraction of sp³-hybridized carbons (Fsp3) is 0.323. The van der Waals surface area contributed by atoms with E-state index in [1.54, 1.807) is 6.92 Å². The minimum absolute atomic E-state index is 0.0838. The second kappa shape index (κ2) is 11.4. The monoisotopic (exact) mass is 529 g/mol. The number of oxazole rings is 1. The maximum atomic E-state index is 11.9. The number of ketones is 1. The molecule has 0 aliphatic heterocycles. The predicted octanol–water partition coefficient (Wildman–Crippen LogP) is 7.19. The average Bonchev–Trinajstić information content (AvgIpc) is 3.64. The molecule has 38 heavy (non-hydrogen) atoms. The molecule has 0 amide bonds. The van der Waals surface area contributed by atoms with Gasteiger partial charge in [0.2, 0.25) is 5.89 Å². The van der Waals surface area contributed by atoms with Gasteiger partial charge in [-0.3, -0.25) is 9.59 Å². The number of Topliss-reactive ketones (excluding diaryl/α,β-unsaturated/α-hetero) is 1. The smallest absolute Gasteiger partial charge is 0.306 e. The van der Waals surface area contributed by atoms with Crippen molar-refractivity contribution in [3.8, 4) is 27.6 Å². The lowest BCUT2D eigenvalue weighted by Gasteiger charge is -2.12. The summed E-state index contributed by atoms with van der Waals surface area (Å²) in [4.78, 5) is 30.0. The first-order valence-corrected chi connectivity index (χ1v) is 13.8. The van der Waals surface area contributed by atoms with E-state index in [0.29, 0.717) is 31.9 Å². The average molecular weight is 530 g/mol. The Bertz CT molecular complexity index is 1450. The van der Waals surface area contributed by atoms with Crippen molar-refractivity contribution in [1.29, 1.82) is 0 Å². The molecule has 7 heteroatoms. The van der Waals surface area contributed by atoms with E-state index in [2.05, 4.69) is 12.1 Å². The van der Waals surface area contributed by atoms with Gasteiger partial charge in [-0.25, -0.2) is 4.98 Å². The summed E-state index contributed by atoms with van der Waals surface area (Å²) in [7, 11) is 0. The molecule has 4 aromatic rings. The van der Waals surface area contributed by atoms with Crippen LogP contribution in [0.15, 0.2) is 59.0 Å². The van der Waals surface area contributed by atoms with Crippen LogP contribution in [0.2, 0.25) is 0 Å². The van der Waals surface area contributed by atoms with Crippen molar-refractivity contribution in [1.82, 2.24) is 4.98 Å². The number of nitrogens with zero attached hydrogens (tertiary/aromatic N) is 1. The van der Waals surface area contributed by atoms with E-state index in [-0.39, 0.29) is 17.7 Å². The van der Waals surface area contributed by atoms with Crippen molar-refractivity contribution in [2.45, 2.75) is 52.4 Å². The summed E-state index contributed by atoms with van der Waals surface area (Å²) in [5.41, 5.74) is 5.32. The third-order valence-electron chi connectivity index (χ3n) is 6.90. The molecule has 196 valence electrons. The molecule has 0 spiro atoms. The molecular formula is C31H31NO5S. The van der Waals surface area contributed by atoms with E-state index in [1.807, 2.05) is 56.3 Å². The van der Waals surface area contributed by atoms with Gasteiger partial charge >= 0.3 is 5.97 Å². The fourth-order valence-corrected chi connectivity index (χ4v) is 5.82. The molecule has 0 saturated carbocycles. The summed E-state index contributed by atoms with van der Waals surface area (Å²) in [6.07, 6.45) is 2.99. The van der Waals surface area contributed by atoms with Gasteiger partial charge in [0.25, 0.3) is 0 Å². The van der Waals surface area contributed by atoms with Gasteiger partial charge in [0, 0.05) is 16.9 Å². The first-order valence-electron chi connectivity index (χ1n) is 13.0. The maximum Gasteiger partial charge on any atom is 0.306 e. The molecule has 2 aromatic carbocycles. The molecule has 0 saturated heterocycles. The molecule has 0 radical (unpaired) electrons. The van der Waals surface area contributed by atoms with E-state index < -0.39 is 0 Å². The lowest BCUT2D eigenvalue weighted by molar-refractivity contribution is -0.143. The minimum Gasteiger partial charge on any atom is -0.493 e. The highest BCUT2D eigenvalue weighted by Gasteiger charge is 2.25. The van der Waals surface area contributed by atoms with Crippen LogP contribution >= 0.6 is 11.3 Å². The summed E-state index contributed by atoms with van der Waals surface area (Å²) >= 11 is 1.50. The molecule has 0 bridgehead atoms. The molecule has 0 N–H and O–H groups in total. The van der Waals surface area contributed by atoms with E-state index in [9.17, 15) is 9.59 Å². The first kappa shape index (κ1) is 25.9. The molecular weight excluding hydrogens is 498 g/mol. The van der Waals surface area contributed by atoms with E-state index >= 15 is 0 Å². The van der Waals surface area contributed by atoms with Gasteiger partial charge < -0.3 is 13.9 Å². The zero-order valence-electron chi connectivity index (χ0n) is 21.9. The van der Waals surface area contributed by atoms with E-state index in [0.717, 1.165) is 50.9 Å². The van der Waals surface area contributed by atoms with Gasteiger partial charge in [-0.05, 0) is 92.6 Å². The number of fused-ring (bicyclic) bond motifs is 1. The molecule has 0 unspecified atom stereocenters. The Hall–Kier alpha value is -3.71. The van der Waals surface area contributed by atoms with E-state index in [4.69, 9.17) is 18.9 Å².